The van der Waals surface area contributed by atoms with Gasteiger partial charge in [-0.25, -0.2) is 0 Å². The molecule has 0 N–H and O–H groups in total. The summed E-state index contributed by atoms with van der Waals surface area (Å²) in [5.41, 5.74) is 3.92. The molecule has 3 aromatic carbocycles. The van der Waals surface area contributed by atoms with Crippen LogP contribution in [0.1, 0.15) is 101 Å². The molecule has 3 aliphatic rings. The summed E-state index contributed by atoms with van der Waals surface area (Å²) >= 11 is 0. The van der Waals surface area contributed by atoms with E-state index >= 15 is 0 Å². The summed E-state index contributed by atoms with van der Waals surface area (Å²) in [5.74, 6) is 5.09. The van der Waals surface area contributed by atoms with Gasteiger partial charge in [0.05, 0.1) is 12.5 Å². The van der Waals surface area contributed by atoms with E-state index in [-0.39, 0.29) is 17.9 Å². The van der Waals surface area contributed by atoms with Crippen LogP contribution in [0.3, 0.4) is 0 Å². The molecule has 0 bridgehead atoms. The van der Waals surface area contributed by atoms with Crippen molar-refractivity contribution in [2.75, 3.05) is 13.2 Å². The Balaban J connectivity index is 1.18. The molecule has 46 heavy (non-hydrogen) atoms. The van der Waals surface area contributed by atoms with Crippen molar-refractivity contribution in [3.63, 3.8) is 0 Å². The van der Waals surface area contributed by atoms with Crippen LogP contribution in [0.15, 0.2) is 97.1 Å². The highest BCUT2D eigenvalue weighted by Gasteiger charge is 2.42. The fraction of sp³-hybridized carbons (Fsp3) is 0.476. The van der Waals surface area contributed by atoms with E-state index in [1.54, 1.807) is 0 Å². The second-order valence-electron chi connectivity index (χ2n) is 14.2. The number of ether oxygens (including phenoxy) is 4. The molecular weight excluding hydrogens is 568 g/mol. The molecule has 5 atom stereocenters. The minimum Gasteiger partial charge on any atom is -0.491 e. The normalized spacial score (nSPS) is 22.2. The van der Waals surface area contributed by atoms with E-state index in [0.717, 1.165) is 22.8 Å². The summed E-state index contributed by atoms with van der Waals surface area (Å²) in [5, 5.41) is 0. The average molecular weight is 621 g/mol. The Morgan fingerprint density at radius 1 is 0.761 bits per heavy atom. The number of hydrogen-bond donors (Lipinski definition) is 0. The van der Waals surface area contributed by atoms with Crippen LogP contribution in [0, 0.1) is 17.8 Å². The lowest BCUT2D eigenvalue weighted by atomic mass is 9.77. The predicted molar refractivity (Wildman–Crippen MR) is 187 cm³/mol. The standard InChI is InChI=1S/C42H52O4/c1-29(2)28-38(30(3)4)33-20-24-35(25-21-33)45-42(41-36-14-8-10-16-39(36)46-40-17-11-9-15-37(40)41)44-27-26-43-34-22-18-32(19-23-34)31-12-6-5-7-13-31/h8-11,14-25,29-31,36,38-39,41-42H,5-7,12-13,26-28H2,1-4H3. The van der Waals surface area contributed by atoms with Crippen LogP contribution >= 0.6 is 0 Å². The van der Waals surface area contributed by atoms with Gasteiger partial charge in [0.25, 0.3) is 0 Å². The van der Waals surface area contributed by atoms with Crippen LogP contribution in [0.25, 0.3) is 0 Å². The minimum absolute atomic E-state index is 0.0463. The minimum atomic E-state index is -0.520. The zero-order valence-electron chi connectivity index (χ0n) is 28.1. The van der Waals surface area contributed by atoms with E-state index in [2.05, 4.69) is 119 Å². The molecule has 1 saturated carbocycles. The van der Waals surface area contributed by atoms with E-state index in [1.807, 2.05) is 6.07 Å². The predicted octanol–water partition coefficient (Wildman–Crippen LogP) is 10.6. The summed E-state index contributed by atoms with van der Waals surface area (Å²) in [6, 6.07) is 25.7. The van der Waals surface area contributed by atoms with Gasteiger partial charge in [0.1, 0.15) is 30.0 Å². The summed E-state index contributed by atoms with van der Waals surface area (Å²) in [6.07, 6.45) is 15.8. The van der Waals surface area contributed by atoms with Gasteiger partial charge in [-0.15, -0.1) is 0 Å². The molecule has 6 rings (SSSR count). The van der Waals surface area contributed by atoms with Crippen molar-refractivity contribution in [1.82, 2.24) is 0 Å². The van der Waals surface area contributed by atoms with Crippen LogP contribution in [0.4, 0.5) is 0 Å². The summed E-state index contributed by atoms with van der Waals surface area (Å²) in [4.78, 5) is 0. The van der Waals surface area contributed by atoms with Gasteiger partial charge in [-0.05, 0) is 90.5 Å². The maximum absolute atomic E-state index is 6.78. The Hall–Kier alpha value is -3.50. The van der Waals surface area contributed by atoms with Gasteiger partial charge in [0.15, 0.2) is 0 Å². The molecule has 2 aliphatic carbocycles. The van der Waals surface area contributed by atoms with Gasteiger partial charge < -0.3 is 18.9 Å². The summed E-state index contributed by atoms with van der Waals surface area (Å²) in [6.45, 7) is 10.1. The molecule has 0 amide bonds. The van der Waals surface area contributed by atoms with E-state index in [1.165, 1.54) is 49.7 Å². The number of hydrogen-bond acceptors (Lipinski definition) is 4. The van der Waals surface area contributed by atoms with Crippen molar-refractivity contribution >= 4 is 0 Å². The van der Waals surface area contributed by atoms with Crippen molar-refractivity contribution in [2.24, 2.45) is 17.8 Å². The molecule has 3 aromatic rings. The number of fused-ring (bicyclic) bond motifs is 2. The second kappa shape index (κ2) is 15.4. The van der Waals surface area contributed by atoms with Crippen LogP contribution in [0.5, 0.6) is 17.2 Å². The molecule has 4 heteroatoms. The van der Waals surface area contributed by atoms with Crippen molar-refractivity contribution in [3.05, 3.63) is 114 Å². The topological polar surface area (TPSA) is 36.9 Å². The maximum atomic E-state index is 6.78. The third-order valence-electron chi connectivity index (χ3n) is 10.1. The molecule has 0 spiro atoms. The highest BCUT2D eigenvalue weighted by molar-refractivity contribution is 5.43. The Morgan fingerprint density at radius 2 is 1.48 bits per heavy atom. The molecule has 5 unspecified atom stereocenters. The largest absolute Gasteiger partial charge is 0.491 e. The molecule has 0 radical (unpaired) electrons. The van der Waals surface area contributed by atoms with Gasteiger partial charge in [-0.2, -0.15) is 0 Å². The van der Waals surface area contributed by atoms with E-state index in [4.69, 9.17) is 18.9 Å². The SMILES string of the molecule is CC(C)CC(c1ccc(OC(OCCOc2ccc(C3CCCCC3)cc2)C2c3ccccc3OC3C=CC=CC32)cc1)C(C)C. The number of allylic oxidation sites excluding steroid dienone is 2. The Labute approximate surface area is 276 Å². The van der Waals surface area contributed by atoms with Gasteiger partial charge in [0, 0.05) is 11.5 Å². The van der Waals surface area contributed by atoms with Crippen LogP contribution in [-0.4, -0.2) is 25.6 Å². The first-order chi connectivity index (χ1) is 22.5. The lowest BCUT2D eigenvalue weighted by Gasteiger charge is -2.41. The zero-order chi connectivity index (χ0) is 31.9. The lowest BCUT2D eigenvalue weighted by molar-refractivity contribution is -0.118. The van der Waals surface area contributed by atoms with Gasteiger partial charge in [-0.1, -0.05) is 108 Å². The molecule has 1 fully saturated rings. The van der Waals surface area contributed by atoms with E-state index in [0.29, 0.717) is 36.9 Å². The fourth-order valence-corrected chi connectivity index (χ4v) is 7.63. The monoisotopic (exact) mass is 620 g/mol. The first-order valence-corrected chi connectivity index (χ1v) is 17.7. The quantitative estimate of drug-likeness (QED) is 0.141. The Bertz CT molecular complexity index is 1430. The molecule has 244 valence electrons. The van der Waals surface area contributed by atoms with Crippen LogP contribution in [0.2, 0.25) is 0 Å². The van der Waals surface area contributed by atoms with Crippen molar-refractivity contribution < 1.29 is 18.9 Å². The van der Waals surface area contributed by atoms with E-state index < -0.39 is 6.29 Å². The van der Waals surface area contributed by atoms with Gasteiger partial charge in [0.2, 0.25) is 6.29 Å². The summed E-state index contributed by atoms with van der Waals surface area (Å²) in [7, 11) is 0. The van der Waals surface area contributed by atoms with Crippen LogP contribution < -0.4 is 14.2 Å². The third kappa shape index (κ3) is 7.89. The molecule has 0 saturated heterocycles. The fourth-order valence-electron chi connectivity index (χ4n) is 7.63. The average Bonchev–Trinajstić information content (AvgIpc) is 3.08. The molecule has 1 aliphatic heterocycles. The second-order valence-corrected chi connectivity index (χ2v) is 14.2. The van der Waals surface area contributed by atoms with Gasteiger partial charge in [-0.3, -0.25) is 0 Å². The number of benzene rings is 3. The Morgan fingerprint density at radius 3 is 2.22 bits per heavy atom. The maximum Gasteiger partial charge on any atom is 0.207 e. The highest BCUT2D eigenvalue weighted by atomic mass is 16.7. The first-order valence-electron chi connectivity index (χ1n) is 17.7. The van der Waals surface area contributed by atoms with E-state index in [9.17, 15) is 0 Å². The number of rotatable bonds is 13. The van der Waals surface area contributed by atoms with Crippen molar-refractivity contribution in [3.8, 4) is 17.2 Å². The Kier molecular flexibility index (Phi) is 10.9. The highest BCUT2D eigenvalue weighted by Crippen LogP contribution is 2.45. The molecule has 0 aromatic heterocycles. The zero-order valence-corrected chi connectivity index (χ0v) is 28.1. The van der Waals surface area contributed by atoms with Crippen molar-refractivity contribution in [2.45, 2.75) is 96.4 Å². The van der Waals surface area contributed by atoms with Crippen molar-refractivity contribution in [1.29, 1.82) is 0 Å². The molecule has 4 nitrogen and oxygen atoms in total. The number of para-hydroxylation sites is 1. The smallest absolute Gasteiger partial charge is 0.207 e. The lowest BCUT2D eigenvalue weighted by Crippen LogP contribution is -2.43. The molecule has 1 heterocycles. The summed E-state index contributed by atoms with van der Waals surface area (Å²) < 4.78 is 26.0. The van der Waals surface area contributed by atoms with Gasteiger partial charge >= 0.3 is 0 Å². The van der Waals surface area contributed by atoms with Crippen LogP contribution in [-0.2, 0) is 4.74 Å². The first kappa shape index (κ1) is 32.4. The molecular formula is C42H52O4. The third-order valence-corrected chi connectivity index (χ3v) is 10.1.